The lowest BCUT2D eigenvalue weighted by atomic mass is 10.3. The maximum Gasteiger partial charge on any atom is 0.202 e. The van der Waals surface area contributed by atoms with Crippen molar-refractivity contribution in [1.82, 2.24) is 9.97 Å². The minimum Gasteiger partial charge on any atom is -0.341 e. The molecule has 1 aliphatic heterocycles. The third-order valence-corrected chi connectivity index (χ3v) is 2.01. The van der Waals surface area contributed by atoms with Gasteiger partial charge in [-0.1, -0.05) is 0 Å². The first kappa shape index (κ1) is 6.67. The molecule has 0 aliphatic carbocycles. The minimum atomic E-state index is 0.320. The highest BCUT2D eigenvalue weighted by molar-refractivity contribution is 5.31. The Morgan fingerprint density at radius 2 is 2.64 bits per heavy atom. The van der Waals surface area contributed by atoms with Crippen LogP contribution in [0, 0.1) is 0 Å². The van der Waals surface area contributed by atoms with E-state index in [1.807, 2.05) is 6.20 Å². The van der Waals surface area contributed by atoms with Gasteiger partial charge in [-0.05, 0) is 6.42 Å². The molecular formula is C7H12N4. The lowest BCUT2D eigenvalue weighted by Gasteiger charge is -2.12. The third kappa shape index (κ3) is 1.21. The zero-order valence-corrected chi connectivity index (χ0v) is 6.33. The van der Waals surface area contributed by atoms with Gasteiger partial charge in [-0.2, -0.15) is 0 Å². The van der Waals surface area contributed by atoms with E-state index in [0.717, 1.165) is 25.5 Å². The van der Waals surface area contributed by atoms with Crippen molar-refractivity contribution in [1.29, 1.82) is 0 Å². The lowest BCUT2D eigenvalue weighted by molar-refractivity contribution is 0.751. The molecule has 0 aromatic carbocycles. The summed E-state index contributed by atoms with van der Waals surface area (Å²) in [6, 6.07) is 0.320. The number of aromatic amines is 1. The number of H-pyrrole nitrogens is 1. The summed E-state index contributed by atoms with van der Waals surface area (Å²) in [4.78, 5) is 9.38. The standard InChI is InChI=1S/C7H12N4/c8-6-1-4-11(5-6)7-9-2-3-10-7/h2-3,6H,1,4-5,8H2,(H,9,10). The lowest BCUT2D eigenvalue weighted by Crippen LogP contribution is -2.26. The molecule has 2 heterocycles. The first-order valence-electron chi connectivity index (χ1n) is 3.86. The average Bonchev–Trinajstić information content (AvgIpc) is 2.55. The molecule has 0 radical (unpaired) electrons. The van der Waals surface area contributed by atoms with Crippen LogP contribution in [-0.2, 0) is 0 Å². The molecule has 0 amide bonds. The van der Waals surface area contributed by atoms with Gasteiger partial charge < -0.3 is 15.6 Å². The summed E-state index contributed by atoms with van der Waals surface area (Å²) in [5, 5.41) is 0. The molecule has 4 nitrogen and oxygen atoms in total. The largest absolute Gasteiger partial charge is 0.341 e. The fourth-order valence-electron chi connectivity index (χ4n) is 1.41. The SMILES string of the molecule is NC1CCN(c2ncc[nH]2)C1. The summed E-state index contributed by atoms with van der Waals surface area (Å²) in [5.74, 6) is 0.943. The first-order chi connectivity index (χ1) is 5.36. The van der Waals surface area contributed by atoms with Crippen molar-refractivity contribution in [3.05, 3.63) is 12.4 Å². The maximum atomic E-state index is 5.75. The predicted molar refractivity (Wildman–Crippen MR) is 43.4 cm³/mol. The number of nitrogens with two attached hydrogens (primary N) is 1. The zero-order valence-electron chi connectivity index (χ0n) is 6.33. The molecule has 2 rings (SSSR count). The summed E-state index contributed by atoms with van der Waals surface area (Å²) in [5.41, 5.74) is 5.75. The summed E-state index contributed by atoms with van der Waals surface area (Å²) in [6.45, 7) is 1.95. The van der Waals surface area contributed by atoms with Crippen molar-refractivity contribution in [2.75, 3.05) is 18.0 Å². The van der Waals surface area contributed by atoms with E-state index >= 15 is 0 Å². The third-order valence-electron chi connectivity index (χ3n) is 2.01. The molecule has 60 valence electrons. The Bertz CT molecular complexity index is 218. The average molecular weight is 152 g/mol. The van der Waals surface area contributed by atoms with E-state index in [0.29, 0.717) is 6.04 Å². The van der Waals surface area contributed by atoms with Gasteiger partial charge in [-0.25, -0.2) is 4.98 Å². The molecule has 0 bridgehead atoms. The van der Waals surface area contributed by atoms with E-state index < -0.39 is 0 Å². The van der Waals surface area contributed by atoms with Gasteiger partial charge in [0.25, 0.3) is 0 Å². The number of hydrogen-bond acceptors (Lipinski definition) is 3. The summed E-state index contributed by atoms with van der Waals surface area (Å²) in [6.07, 6.45) is 4.67. The van der Waals surface area contributed by atoms with Gasteiger partial charge in [0, 0.05) is 31.5 Å². The molecule has 3 N–H and O–H groups in total. The predicted octanol–water partition coefficient (Wildman–Crippen LogP) is -0.0529. The quantitative estimate of drug-likeness (QED) is 0.593. The second-order valence-corrected chi connectivity index (χ2v) is 2.91. The van der Waals surface area contributed by atoms with E-state index in [2.05, 4.69) is 14.9 Å². The maximum absolute atomic E-state index is 5.75. The molecule has 0 spiro atoms. The van der Waals surface area contributed by atoms with Crippen LogP contribution in [-0.4, -0.2) is 29.1 Å². The number of nitrogens with one attached hydrogen (secondary N) is 1. The Labute approximate surface area is 65.4 Å². The Kier molecular flexibility index (Phi) is 1.54. The smallest absolute Gasteiger partial charge is 0.202 e. The van der Waals surface area contributed by atoms with Gasteiger partial charge in [-0.15, -0.1) is 0 Å². The second-order valence-electron chi connectivity index (χ2n) is 2.91. The number of aromatic nitrogens is 2. The van der Waals surface area contributed by atoms with Crippen LogP contribution in [0.15, 0.2) is 12.4 Å². The van der Waals surface area contributed by atoms with Gasteiger partial charge in [-0.3, -0.25) is 0 Å². The van der Waals surface area contributed by atoms with Crippen LogP contribution >= 0.6 is 0 Å². The normalized spacial score (nSPS) is 24.5. The topological polar surface area (TPSA) is 57.9 Å². The monoisotopic (exact) mass is 152 g/mol. The van der Waals surface area contributed by atoms with Crippen LogP contribution in [0.3, 0.4) is 0 Å². The molecule has 1 unspecified atom stereocenters. The molecule has 1 aromatic heterocycles. The van der Waals surface area contributed by atoms with Crippen LogP contribution in [0.1, 0.15) is 6.42 Å². The number of hydrogen-bond donors (Lipinski definition) is 2. The zero-order chi connectivity index (χ0) is 7.68. The number of anilines is 1. The van der Waals surface area contributed by atoms with Crippen molar-refractivity contribution >= 4 is 5.95 Å². The van der Waals surface area contributed by atoms with Crippen molar-refractivity contribution < 1.29 is 0 Å². The van der Waals surface area contributed by atoms with Crippen molar-refractivity contribution in [2.45, 2.75) is 12.5 Å². The highest BCUT2D eigenvalue weighted by Gasteiger charge is 2.20. The van der Waals surface area contributed by atoms with E-state index in [4.69, 9.17) is 5.73 Å². The Morgan fingerprint density at radius 1 is 1.73 bits per heavy atom. The van der Waals surface area contributed by atoms with Crippen LogP contribution in [0.4, 0.5) is 5.95 Å². The Morgan fingerprint density at radius 3 is 3.18 bits per heavy atom. The molecular weight excluding hydrogens is 140 g/mol. The van der Waals surface area contributed by atoms with Crippen LogP contribution < -0.4 is 10.6 Å². The van der Waals surface area contributed by atoms with Gasteiger partial charge in [0.15, 0.2) is 0 Å². The van der Waals surface area contributed by atoms with Crippen LogP contribution in [0.25, 0.3) is 0 Å². The summed E-state index contributed by atoms with van der Waals surface area (Å²) >= 11 is 0. The molecule has 1 aliphatic rings. The van der Waals surface area contributed by atoms with Crippen LogP contribution in [0.2, 0.25) is 0 Å². The van der Waals surface area contributed by atoms with Gasteiger partial charge in [0.1, 0.15) is 0 Å². The van der Waals surface area contributed by atoms with Gasteiger partial charge in [0.05, 0.1) is 0 Å². The first-order valence-corrected chi connectivity index (χ1v) is 3.86. The highest BCUT2D eigenvalue weighted by atomic mass is 15.3. The summed E-state index contributed by atoms with van der Waals surface area (Å²) in [7, 11) is 0. The van der Waals surface area contributed by atoms with Crippen molar-refractivity contribution in [2.24, 2.45) is 5.73 Å². The van der Waals surface area contributed by atoms with E-state index in [-0.39, 0.29) is 0 Å². The molecule has 1 fully saturated rings. The van der Waals surface area contributed by atoms with E-state index in [9.17, 15) is 0 Å². The number of imidazole rings is 1. The van der Waals surface area contributed by atoms with Crippen LogP contribution in [0.5, 0.6) is 0 Å². The number of nitrogens with zero attached hydrogens (tertiary/aromatic N) is 2. The fraction of sp³-hybridized carbons (Fsp3) is 0.571. The van der Waals surface area contributed by atoms with Crippen molar-refractivity contribution in [3.8, 4) is 0 Å². The number of rotatable bonds is 1. The van der Waals surface area contributed by atoms with Crippen molar-refractivity contribution in [3.63, 3.8) is 0 Å². The fourth-order valence-corrected chi connectivity index (χ4v) is 1.41. The summed E-state index contributed by atoms with van der Waals surface area (Å²) < 4.78 is 0. The Balaban J connectivity index is 2.08. The minimum absolute atomic E-state index is 0.320. The molecule has 0 saturated carbocycles. The van der Waals surface area contributed by atoms with Gasteiger partial charge >= 0.3 is 0 Å². The van der Waals surface area contributed by atoms with E-state index in [1.165, 1.54) is 0 Å². The molecule has 11 heavy (non-hydrogen) atoms. The molecule has 1 aromatic rings. The van der Waals surface area contributed by atoms with E-state index in [1.54, 1.807) is 6.20 Å². The highest BCUT2D eigenvalue weighted by Crippen LogP contribution is 2.13. The van der Waals surface area contributed by atoms with Gasteiger partial charge in [0.2, 0.25) is 5.95 Å². The molecule has 1 atom stereocenters. The Hall–Kier alpha value is -1.03. The molecule has 4 heteroatoms. The molecule has 1 saturated heterocycles. The second kappa shape index (κ2) is 2.54.